The Labute approximate surface area is 143 Å². The van der Waals surface area contributed by atoms with Crippen LogP contribution in [0.5, 0.6) is 0 Å². The van der Waals surface area contributed by atoms with Crippen molar-refractivity contribution in [1.82, 2.24) is 9.62 Å². The van der Waals surface area contributed by atoms with Gasteiger partial charge in [0.1, 0.15) is 0 Å². The van der Waals surface area contributed by atoms with Crippen LogP contribution in [-0.2, 0) is 25.8 Å². The molecular formula is C15H17F3N2O4S. The van der Waals surface area contributed by atoms with E-state index in [1.54, 1.807) is 4.90 Å². The first-order chi connectivity index (χ1) is 11.5. The van der Waals surface area contributed by atoms with E-state index in [4.69, 9.17) is 0 Å². The van der Waals surface area contributed by atoms with Crippen molar-refractivity contribution in [2.75, 3.05) is 13.1 Å². The molecule has 1 saturated heterocycles. The molecule has 138 valence electrons. The van der Waals surface area contributed by atoms with Gasteiger partial charge in [0, 0.05) is 25.9 Å². The lowest BCUT2D eigenvalue weighted by Gasteiger charge is -2.30. The number of halogens is 3. The van der Waals surface area contributed by atoms with Crippen molar-refractivity contribution in [2.45, 2.75) is 30.8 Å². The molecule has 0 aliphatic carbocycles. The van der Waals surface area contributed by atoms with Crippen molar-refractivity contribution in [1.29, 1.82) is 0 Å². The standard InChI is InChI=1S/C15H17F3N2O4S/c1-10(21)20-8-6-11(7-9-20)14(22)19-25(23,24)13-4-2-12(3-5-13)15(16,17)18/h2-5,11H,6-9H2,1H3,(H,19,22). The van der Waals surface area contributed by atoms with Crippen molar-refractivity contribution < 1.29 is 31.2 Å². The Morgan fingerprint density at radius 2 is 1.64 bits per heavy atom. The summed E-state index contributed by atoms with van der Waals surface area (Å²) in [6, 6.07) is 2.89. The molecule has 1 aliphatic heterocycles. The number of nitrogens with one attached hydrogen (secondary N) is 1. The molecule has 1 aromatic rings. The second kappa shape index (κ2) is 7.03. The number of carbonyl (C=O) groups is 2. The summed E-state index contributed by atoms with van der Waals surface area (Å²) in [5, 5.41) is 0. The first-order valence-corrected chi connectivity index (χ1v) is 8.98. The number of carbonyl (C=O) groups excluding carboxylic acids is 2. The van der Waals surface area contributed by atoms with Crippen LogP contribution in [0.3, 0.4) is 0 Å². The third kappa shape index (κ3) is 4.71. The van der Waals surface area contributed by atoms with Crippen molar-refractivity contribution in [3.63, 3.8) is 0 Å². The molecule has 2 rings (SSSR count). The zero-order chi connectivity index (χ0) is 18.8. The van der Waals surface area contributed by atoms with Crippen molar-refractivity contribution in [3.8, 4) is 0 Å². The van der Waals surface area contributed by atoms with Gasteiger partial charge >= 0.3 is 6.18 Å². The number of sulfonamides is 1. The van der Waals surface area contributed by atoms with Crippen LogP contribution in [0.15, 0.2) is 29.2 Å². The molecule has 1 fully saturated rings. The molecule has 6 nitrogen and oxygen atoms in total. The number of amides is 2. The average molecular weight is 378 g/mol. The predicted molar refractivity (Wildman–Crippen MR) is 81.8 cm³/mol. The van der Waals surface area contributed by atoms with E-state index in [1.807, 2.05) is 4.72 Å². The molecule has 1 heterocycles. The summed E-state index contributed by atoms with van der Waals surface area (Å²) in [6.45, 7) is 2.12. The first kappa shape index (κ1) is 19.2. The van der Waals surface area contributed by atoms with Gasteiger partial charge in [0.25, 0.3) is 10.0 Å². The smallest absolute Gasteiger partial charge is 0.343 e. The highest BCUT2D eigenvalue weighted by molar-refractivity contribution is 7.90. The highest BCUT2D eigenvalue weighted by atomic mass is 32.2. The third-order valence-corrected chi connectivity index (χ3v) is 5.40. The molecular weight excluding hydrogens is 361 g/mol. The number of nitrogens with zero attached hydrogens (tertiary/aromatic N) is 1. The van der Waals surface area contributed by atoms with Crippen LogP contribution in [0.25, 0.3) is 0 Å². The number of rotatable bonds is 3. The highest BCUT2D eigenvalue weighted by Crippen LogP contribution is 2.29. The molecule has 1 N–H and O–H groups in total. The van der Waals surface area contributed by atoms with Crippen LogP contribution in [0.1, 0.15) is 25.3 Å². The molecule has 0 saturated carbocycles. The summed E-state index contributed by atoms with van der Waals surface area (Å²) in [5.41, 5.74) is -0.977. The van der Waals surface area contributed by atoms with Gasteiger partial charge < -0.3 is 4.90 Å². The molecule has 0 bridgehead atoms. The maximum Gasteiger partial charge on any atom is 0.416 e. The van der Waals surface area contributed by atoms with Crippen LogP contribution in [0.2, 0.25) is 0 Å². The summed E-state index contributed by atoms with van der Waals surface area (Å²) in [6.07, 6.45) is -3.92. The van der Waals surface area contributed by atoms with Crippen LogP contribution in [0, 0.1) is 5.92 Å². The molecule has 0 spiro atoms. The minimum atomic E-state index is -4.57. The van der Waals surface area contributed by atoms with Crippen molar-refractivity contribution >= 4 is 21.8 Å². The molecule has 1 aliphatic rings. The number of alkyl halides is 3. The number of hydrogen-bond donors (Lipinski definition) is 1. The highest BCUT2D eigenvalue weighted by Gasteiger charge is 2.32. The monoisotopic (exact) mass is 378 g/mol. The summed E-state index contributed by atoms with van der Waals surface area (Å²) < 4.78 is 63.7. The molecule has 1 aromatic carbocycles. The second-order valence-electron chi connectivity index (χ2n) is 5.77. The minimum absolute atomic E-state index is 0.115. The molecule has 0 radical (unpaired) electrons. The Morgan fingerprint density at radius 1 is 1.12 bits per heavy atom. The molecule has 10 heteroatoms. The fourth-order valence-electron chi connectivity index (χ4n) is 2.55. The molecule has 25 heavy (non-hydrogen) atoms. The zero-order valence-electron chi connectivity index (χ0n) is 13.3. The third-order valence-electron chi connectivity index (χ3n) is 4.04. The van der Waals surface area contributed by atoms with Crippen LogP contribution < -0.4 is 4.72 Å². The SMILES string of the molecule is CC(=O)N1CCC(C(=O)NS(=O)(=O)c2ccc(C(F)(F)F)cc2)CC1. The Hall–Kier alpha value is -2.10. The van der Waals surface area contributed by atoms with Gasteiger partial charge in [-0.3, -0.25) is 9.59 Å². The molecule has 2 amide bonds. The van der Waals surface area contributed by atoms with E-state index in [0.29, 0.717) is 38.1 Å². The van der Waals surface area contributed by atoms with Gasteiger partial charge in [-0.1, -0.05) is 0 Å². The summed E-state index contributed by atoms with van der Waals surface area (Å²) >= 11 is 0. The number of piperidine rings is 1. The summed E-state index contributed by atoms with van der Waals surface area (Å²) in [5.74, 6) is -1.40. The topological polar surface area (TPSA) is 83.6 Å². The number of benzene rings is 1. The van der Waals surface area contributed by atoms with E-state index in [0.717, 1.165) is 12.1 Å². The van der Waals surface area contributed by atoms with Gasteiger partial charge in [0.2, 0.25) is 11.8 Å². The normalized spacial score (nSPS) is 16.6. The van der Waals surface area contributed by atoms with E-state index < -0.39 is 38.5 Å². The van der Waals surface area contributed by atoms with E-state index in [-0.39, 0.29) is 5.91 Å². The average Bonchev–Trinajstić information content (AvgIpc) is 2.54. The Balaban J connectivity index is 2.03. The van der Waals surface area contributed by atoms with Crippen LogP contribution in [-0.4, -0.2) is 38.2 Å². The quantitative estimate of drug-likeness (QED) is 0.869. The molecule has 0 aromatic heterocycles. The summed E-state index contributed by atoms with van der Waals surface area (Å²) in [7, 11) is -4.25. The Bertz CT molecular complexity index is 752. The lowest BCUT2D eigenvalue weighted by Crippen LogP contribution is -2.43. The maximum atomic E-state index is 12.5. The predicted octanol–water partition coefficient (Wildman–Crippen LogP) is 1.77. The Morgan fingerprint density at radius 3 is 2.08 bits per heavy atom. The first-order valence-electron chi connectivity index (χ1n) is 7.50. The fourth-order valence-corrected chi connectivity index (χ4v) is 3.60. The Kier molecular flexibility index (Phi) is 5.40. The van der Waals surface area contributed by atoms with Gasteiger partial charge in [0.15, 0.2) is 0 Å². The maximum absolute atomic E-state index is 12.5. The van der Waals surface area contributed by atoms with Crippen LogP contribution >= 0.6 is 0 Å². The number of hydrogen-bond acceptors (Lipinski definition) is 4. The second-order valence-corrected chi connectivity index (χ2v) is 7.45. The lowest BCUT2D eigenvalue weighted by atomic mass is 9.96. The van der Waals surface area contributed by atoms with E-state index >= 15 is 0 Å². The zero-order valence-corrected chi connectivity index (χ0v) is 14.2. The van der Waals surface area contributed by atoms with Gasteiger partial charge in [-0.05, 0) is 37.1 Å². The van der Waals surface area contributed by atoms with Gasteiger partial charge in [-0.15, -0.1) is 0 Å². The van der Waals surface area contributed by atoms with E-state index in [1.165, 1.54) is 6.92 Å². The largest absolute Gasteiger partial charge is 0.416 e. The van der Waals surface area contributed by atoms with Gasteiger partial charge in [-0.2, -0.15) is 13.2 Å². The molecule has 0 unspecified atom stereocenters. The van der Waals surface area contributed by atoms with E-state index in [2.05, 4.69) is 0 Å². The number of likely N-dealkylation sites (tertiary alicyclic amines) is 1. The van der Waals surface area contributed by atoms with Gasteiger partial charge in [-0.25, -0.2) is 13.1 Å². The lowest BCUT2D eigenvalue weighted by molar-refractivity contribution is -0.137. The van der Waals surface area contributed by atoms with E-state index in [9.17, 15) is 31.2 Å². The fraction of sp³-hybridized carbons (Fsp3) is 0.467. The minimum Gasteiger partial charge on any atom is -0.343 e. The summed E-state index contributed by atoms with van der Waals surface area (Å²) in [4.78, 5) is 24.5. The van der Waals surface area contributed by atoms with Crippen molar-refractivity contribution in [2.24, 2.45) is 5.92 Å². The molecule has 0 atom stereocenters. The van der Waals surface area contributed by atoms with Crippen LogP contribution in [0.4, 0.5) is 13.2 Å². The van der Waals surface area contributed by atoms with Crippen molar-refractivity contribution in [3.05, 3.63) is 29.8 Å². The van der Waals surface area contributed by atoms with Gasteiger partial charge in [0.05, 0.1) is 10.5 Å².